The van der Waals surface area contributed by atoms with Crippen molar-refractivity contribution < 1.29 is 28.7 Å². The summed E-state index contributed by atoms with van der Waals surface area (Å²) in [4.78, 5) is 49.0. The average molecular weight is 428 g/mol. The molecule has 1 aromatic carbocycles. The van der Waals surface area contributed by atoms with Crippen LogP contribution in [0.1, 0.15) is 38.7 Å². The van der Waals surface area contributed by atoms with Crippen LogP contribution in [0.15, 0.2) is 54.3 Å². The molecule has 31 heavy (non-hydrogen) atoms. The average Bonchev–Trinajstić information content (AvgIpc) is 3.09. The molecule has 1 aromatic rings. The van der Waals surface area contributed by atoms with Gasteiger partial charge in [-0.15, -0.1) is 0 Å². The molecule has 0 saturated heterocycles. The van der Waals surface area contributed by atoms with Crippen molar-refractivity contribution in [3.63, 3.8) is 0 Å². The lowest BCUT2D eigenvalue weighted by Crippen LogP contribution is -2.44. The van der Waals surface area contributed by atoms with Gasteiger partial charge in [0.25, 0.3) is 5.91 Å². The van der Waals surface area contributed by atoms with Gasteiger partial charge in [-0.3, -0.25) is 14.4 Å². The van der Waals surface area contributed by atoms with Crippen LogP contribution in [0, 0.1) is 0 Å². The van der Waals surface area contributed by atoms with Crippen LogP contribution in [0.25, 0.3) is 0 Å². The number of carbonyl (C=O) groups is 4. The van der Waals surface area contributed by atoms with E-state index in [1.54, 1.807) is 37.3 Å². The van der Waals surface area contributed by atoms with Crippen molar-refractivity contribution in [1.29, 1.82) is 0 Å². The number of esters is 1. The molecule has 0 spiro atoms. The third kappa shape index (κ3) is 6.28. The Morgan fingerprint density at radius 2 is 1.90 bits per heavy atom. The fourth-order valence-corrected chi connectivity index (χ4v) is 3.03. The summed E-state index contributed by atoms with van der Waals surface area (Å²) in [5.74, 6) is -2.11. The van der Waals surface area contributed by atoms with Crippen LogP contribution in [0.2, 0.25) is 0 Å². The van der Waals surface area contributed by atoms with E-state index < -0.39 is 23.5 Å². The van der Waals surface area contributed by atoms with Gasteiger partial charge in [-0.25, -0.2) is 4.79 Å². The Hall–Kier alpha value is -3.42. The monoisotopic (exact) mass is 428 g/mol. The lowest BCUT2D eigenvalue weighted by molar-refractivity contribution is -0.145. The normalized spacial score (nSPS) is 18.8. The molecule has 2 atom stereocenters. The fraction of sp³-hybridized carbons (Fsp3) is 0.391. The predicted molar refractivity (Wildman–Crippen MR) is 114 cm³/mol. The van der Waals surface area contributed by atoms with Crippen molar-refractivity contribution in [3.05, 3.63) is 59.9 Å². The van der Waals surface area contributed by atoms with Crippen LogP contribution in [0.3, 0.4) is 0 Å². The molecule has 166 valence electrons. The number of allylic oxidation sites excluding steroid dienone is 1. The summed E-state index contributed by atoms with van der Waals surface area (Å²) in [6.45, 7) is 3.72. The molecule has 8 nitrogen and oxygen atoms in total. The van der Waals surface area contributed by atoms with E-state index in [2.05, 4.69) is 10.6 Å². The molecule has 2 N–H and O–H groups in total. The highest BCUT2D eigenvalue weighted by Crippen LogP contribution is 2.34. The lowest BCUT2D eigenvalue weighted by atomic mass is 9.92. The summed E-state index contributed by atoms with van der Waals surface area (Å²) in [6.07, 6.45) is 5.98. The predicted octanol–water partition coefficient (Wildman–Crippen LogP) is 1.91. The van der Waals surface area contributed by atoms with E-state index in [-0.39, 0.29) is 36.8 Å². The number of amides is 2. The van der Waals surface area contributed by atoms with Crippen LogP contribution in [0.4, 0.5) is 0 Å². The minimum absolute atomic E-state index is 0.124. The van der Waals surface area contributed by atoms with Crippen LogP contribution >= 0.6 is 0 Å². The Bertz CT molecular complexity index is 877. The highest BCUT2D eigenvalue weighted by molar-refractivity contribution is 6.08. The molecule has 0 aliphatic carbocycles. The van der Waals surface area contributed by atoms with Crippen molar-refractivity contribution in [1.82, 2.24) is 10.6 Å². The number of rotatable bonds is 10. The summed E-state index contributed by atoms with van der Waals surface area (Å²) >= 11 is 0. The quantitative estimate of drug-likeness (QED) is 0.435. The highest BCUT2D eigenvalue weighted by atomic mass is 16.5. The van der Waals surface area contributed by atoms with E-state index in [4.69, 9.17) is 9.47 Å². The van der Waals surface area contributed by atoms with Gasteiger partial charge in [0, 0.05) is 24.6 Å². The first-order chi connectivity index (χ1) is 14.8. The molecule has 1 aliphatic heterocycles. The highest BCUT2D eigenvalue weighted by Gasteiger charge is 2.44. The van der Waals surface area contributed by atoms with Crippen molar-refractivity contribution in [2.24, 2.45) is 0 Å². The molecular formula is C23H28N2O6. The first-order valence-electron chi connectivity index (χ1n) is 10.1. The van der Waals surface area contributed by atoms with Gasteiger partial charge >= 0.3 is 5.97 Å². The zero-order chi connectivity index (χ0) is 22.9. The van der Waals surface area contributed by atoms with Crippen molar-refractivity contribution in [2.45, 2.75) is 44.8 Å². The zero-order valence-corrected chi connectivity index (χ0v) is 18.0. The number of ketones is 1. The van der Waals surface area contributed by atoms with Crippen LogP contribution in [-0.4, -0.2) is 43.3 Å². The molecule has 2 unspecified atom stereocenters. The largest absolute Gasteiger partial charge is 0.469 e. The van der Waals surface area contributed by atoms with Gasteiger partial charge in [0.2, 0.25) is 11.7 Å². The van der Waals surface area contributed by atoms with Gasteiger partial charge in [-0.2, -0.15) is 0 Å². The Kier molecular flexibility index (Phi) is 8.54. The topological polar surface area (TPSA) is 111 Å². The summed E-state index contributed by atoms with van der Waals surface area (Å²) in [6, 6.07) is 7.83. The van der Waals surface area contributed by atoms with Crippen molar-refractivity contribution in [2.75, 3.05) is 13.7 Å². The Morgan fingerprint density at radius 3 is 2.55 bits per heavy atom. The van der Waals surface area contributed by atoms with E-state index in [1.165, 1.54) is 7.11 Å². The van der Waals surface area contributed by atoms with E-state index in [0.29, 0.717) is 5.56 Å². The second-order valence-corrected chi connectivity index (χ2v) is 7.15. The summed E-state index contributed by atoms with van der Waals surface area (Å²) in [7, 11) is 1.21. The van der Waals surface area contributed by atoms with Crippen LogP contribution in [0.5, 0.6) is 0 Å². The maximum absolute atomic E-state index is 12.7. The number of ether oxygens (including phenoxy) is 2. The maximum Gasteiger partial charge on any atom is 0.328 e. The van der Waals surface area contributed by atoms with Gasteiger partial charge in [0.05, 0.1) is 7.11 Å². The van der Waals surface area contributed by atoms with Gasteiger partial charge in [0.1, 0.15) is 6.04 Å². The number of hydrogen-bond acceptors (Lipinski definition) is 6. The fourth-order valence-electron chi connectivity index (χ4n) is 3.03. The zero-order valence-electron chi connectivity index (χ0n) is 18.0. The maximum atomic E-state index is 12.7. The number of benzene rings is 1. The Labute approximate surface area is 181 Å². The molecule has 8 heteroatoms. The molecular weight excluding hydrogens is 400 g/mol. The van der Waals surface area contributed by atoms with Gasteiger partial charge in [-0.1, -0.05) is 49.4 Å². The minimum Gasteiger partial charge on any atom is -0.469 e. The van der Waals surface area contributed by atoms with Crippen LogP contribution in [-0.2, 0) is 34.3 Å². The van der Waals surface area contributed by atoms with E-state index in [1.807, 2.05) is 19.1 Å². The minimum atomic E-state index is -1.31. The first kappa shape index (κ1) is 23.9. The molecule has 2 amide bonds. The molecule has 1 aliphatic rings. The molecule has 0 fully saturated rings. The van der Waals surface area contributed by atoms with E-state index in [9.17, 15) is 19.2 Å². The number of carbonyl (C=O) groups excluding carboxylic acids is 4. The van der Waals surface area contributed by atoms with E-state index >= 15 is 0 Å². The molecule has 1 heterocycles. The second kappa shape index (κ2) is 11.1. The summed E-state index contributed by atoms with van der Waals surface area (Å²) < 4.78 is 10.4. The molecule has 0 radical (unpaired) electrons. The van der Waals surface area contributed by atoms with Gasteiger partial charge in [0.15, 0.2) is 11.4 Å². The second-order valence-electron chi connectivity index (χ2n) is 7.15. The standard InChI is InChI=1S/C23H28N2O6/c1-4-5-7-12-20(27)24-14-13-17(22(29)30-3)25-21(28)18-15-19(26)23(2,31-18)16-10-8-6-9-11-16/h5-11,15,17H,4,12-14H2,1-3H3,(H,24,27)(H,25,28)/b7-5-. The third-order valence-corrected chi connectivity index (χ3v) is 4.85. The number of methoxy groups -OCH3 is 1. The molecule has 2 rings (SSSR count). The molecule has 0 aromatic heterocycles. The van der Waals surface area contributed by atoms with E-state index in [0.717, 1.165) is 12.5 Å². The third-order valence-electron chi connectivity index (χ3n) is 4.85. The number of nitrogens with one attached hydrogen (secondary N) is 2. The molecule has 0 bridgehead atoms. The van der Waals surface area contributed by atoms with Crippen LogP contribution < -0.4 is 10.6 Å². The van der Waals surface area contributed by atoms with Crippen molar-refractivity contribution >= 4 is 23.6 Å². The summed E-state index contributed by atoms with van der Waals surface area (Å²) in [5, 5.41) is 5.21. The SMILES string of the molecule is CC/C=C\CC(=O)NCCC(NC(=O)C1=CC(=O)C(C)(c2ccccc2)O1)C(=O)OC. The Morgan fingerprint density at radius 1 is 1.19 bits per heavy atom. The van der Waals surface area contributed by atoms with Crippen molar-refractivity contribution in [3.8, 4) is 0 Å². The van der Waals surface area contributed by atoms with Gasteiger partial charge in [-0.05, 0) is 19.8 Å². The lowest BCUT2D eigenvalue weighted by Gasteiger charge is -2.24. The number of hydrogen-bond donors (Lipinski definition) is 2. The smallest absolute Gasteiger partial charge is 0.328 e. The molecule has 0 saturated carbocycles. The Balaban J connectivity index is 1.97. The summed E-state index contributed by atoms with van der Waals surface area (Å²) in [5.41, 5.74) is -0.697. The van der Waals surface area contributed by atoms with Gasteiger partial charge < -0.3 is 20.1 Å². The first-order valence-corrected chi connectivity index (χ1v) is 10.1.